The van der Waals surface area contributed by atoms with E-state index in [9.17, 15) is 18.0 Å². The highest BCUT2D eigenvalue weighted by atomic mass is 19.1. The van der Waals surface area contributed by atoms with E-state index in [1.165, 1.54) is 24.3 Å². The van der Waals surface area contributed by atoms with Crippen LogP contribution in [-0.2, 0) is 11.3 Å². The molecule has 1 aromatic heterocycles. The van der Waals surface area contributed by atoms with E-state index in [2.05, 4.69) is 5.16 Å². The highest BCUT2D eigenvalue weighted by molar-refractivity contribution is 5.90. The van der Waals surface area contributed by atoms with Gasteiger partial charge in [-0.3, -0.25) is 0 Å². The number of rotatable bonds is 4. The Hall–Kier alpha value is -3.09. The summed E-state index contributed by atoms with van der Waals surface area (Å²) in [6.07, 6.45) is 0. The second kappa shape index (κ2) is 6.80. The highest BCUT2D eigenvalue weighted by Gasteiger charge is 2.20. The molecule has 0 aliphatic carbocycles. The molecule has 0 saturated carbocycles. The van der Waals surface area contributed by atoms with Crippen molar-refractivity contribution in [3.05, 3.63) is 76.7 Å². The topological polar surface area (TPSA) is 52.3 Å². The normalized spacial score (nSPS) is 10.7. The molecule has 0 N–H and O–H groups in total. The number of hydrogen-bond acceptors (Lipinski definition) is 4. The number of aromatic nitrogens is 1. The van der Waals surface area contributed by atoms with Crippen LogP contribution in [0.2, 0.25) is 0 Å². The zero-order valence-corrected chi connectivity index (χ0v) is 13.1. The third-order valence-corrected chi connectivity index (χ3v) is 3.63. The van der Waals surface area contributed by atoms with E-state index in [4.69, 9.17) is 9.26 Å². The van der Waals surface area contributed by atoms with Gasteiger partial charge in [-0.2, -0.15) is 0 Å². The Bertz CT molecular complexity index is 900. The van der Waals surface area contributed by atoms with Crippen molar-refractivity contribution >= 4 is 5.97 Å². The minimum absolute atomic E-state index is 0.296. The molecule has 0 atom stereocenters. The fraction of sp³-hybridized carbons (Fsp3) is 0.111. The molecule has 0 unspecified atom stereocenters. The summed E-state index contributed by atoms with van der Waals surface area (Å²) in [6, 6.07) is 8.68. The van der Waals surface area contributed by atoms with Gasteiger partial charge in [-0.05, 0) is 43.3 Å². The van der Waals surface area contributed by atoms with E-state index in [1.807, 2.05) is 0 Å². The molecule has 3 aromatic rings. The molecular formula is C18H12F3NO3. The van der Waals surface area contributed by atoms with Crippen LogP contribution in [0, 0.1) is 24.4 Å². The zero-order chi connectivity index (χ0) is 18.0. The molecule has 0 aliphatic rings. The van der Waals surface area contributed by atoms with Crippen molar-refractivity contribution in [1.82, 2.24) is 5.16 Å². The van der Waals surface area contributed by atoms with E-state index >= 15 is 0 Å². The molecular weight excluding hydrogens is 335 g/mol. The number of esters is 1. The number of ether oxygens (including phenoxy) is 1. The molecule has 0 spiro atoms. The van der Waals surface area contributed by atoms with Gasteiger partial charge in [-0.25, -0.2) is 18.0 Å². The minimum atomic E-state index is -1.14. The second-order valence-electron chi connectivity index (χ2n) is 5.26. The summed E-state index contributed by atoms with van der Waals surface area (Å²) in [7, 11) is 0. The van der Waals surface area contributed by atoms with Gasteiger partial charge in [0.2, 0.25) is 0 Å². The first-order chi connectivity index (χ1) is 12.0. The Labute approximate surface area is 140 Å². The van der Waals surface area contributed by atoms with Crippen LogP contribution in [0.4, 0.5) is 13.2 Å². The summed E-state index contributed by atoms with van der Waals surface area (Å²) >= 11 is 0. The van der Waals surface area contributed by atoms with Crippen molar-refractivity contribution < 1.29 is 27.2 Å². The fourth-order valence-corrected chi connectivity index (χ4v) is 2.27. The van der Waals surface area contributed by atoms with E-state index in [-0.39, 0.29) is 12.4 Å². The molecule has 25 heavy (non-hydrogen) atoms. The Morgan fingerprint density at radius 2 is 1.72 bits per heavy atom. The number of carbonyl (C=O) groups excluding carboxylic acids is 1. The molecule has 0 saturated heterocycles. The predicted octanol–water partition coefficient (Wildman–Crippen LogP) is 4.42. The van der Waals surface area contributed by atoms with E-state index in [0.717, 1.165) is 18.2 Å². The standard InChI is InChI=1S/C18H12F3NO3/c1-10-15(22-25-17(10)11-5-7-12(19)8-6-11)9-24-18(23)16-13(20)3-2-4-14(16)21/h2-8H,9H2,1H3. The monoisotopic (exact) mass is 347 g/mol. The molecule has 2 aromatic carbocycles. The number of nitrogens with zero attached hydrogens (tertiary/aromatic N) is 1. The van der Waals surface area contributed by atoms with E-state index in [1.54, 1.807) is 6.92 Å². The number of benzene rings is 2. The number of halogens is 3. The van der Waals surface area contributed by atoms with Gasteiger partial charge in [0, 0.05) is 11.1 Å². The minimum Gasteiger partial charge on any atom is -0.455 e. The lowest BCUT2D eigenvalue weighted by molar-refractivity contribution is 0.0452. The predicted molar refractivity (Wildman–Crippen MR) is 82.1 cm³/mol. The van der Waals surface area contributed by atoms with Crippen molar-refractivity contribution in [2.24, 2.45) is 0 Å². The van der Waals surface area contributed by atoms with Crippen LogP contribution in [-0.4, -0.2) is 11.1 Å². The third-order valence-electron chi connectivity index (χ3n) is 3.63. The maximum Gasteiger partial charge on any atom is 0.344 e. The quantitative estimate of drug-likeness (QED) is 0.656. The molecule has 3 rings (SSSR count). The van der Waals surface area contributed by atoms with Gasteiger partial charge in [-0.1, -0.05) is 11.2 Å². The maximum atomic E-state index is 13.6. The van der Waals surface area contributed by atoms with Crippen LogP contribution in [0.5, 0.6) is 0 Å². The molecule has 0 bridgehead atoms. The van der Waals surface area contributed by atoms with Gasteiger partial charge >= 0.3 is 5.97 Å². The lowest BCUT2D eigenvalue weighted by Crippen LogP contribution is -2.10. The first-order valence-electron chi connectivity index (χ1n) is 7.29. The van der Waals surface area contributed by atoms with Gasteiger partial charge in [0.15, 0.2) is 5.76 Å². The van der Waals surface area contributed by atoms with Gasteiger partial charge in [0.05, 0.1) is 0 Å². The Kier molecular flexibility index (Phi) is 4.56. The van der Waals surface area contributed by atoms with Crippen LogP contribution in [0.15, 0.2) is 47.0 Å². The van der Waals surface area contributed by atoms with Crippen LogP contribution < -0.4 is 0 Å². The highest BCUT2D eigenvalue weighted by Crippen LogP contribution is 2.26. The molecule has 0 fully saturated rings. The molecule has 0 amide bonds. The molecule has 4 nitrogen and oxygen atoms in total. The largest absolute Gasteiger partial charge is 0.455 e. The van der Waals surface area contributed by atoms with E-state index < -0.39 is 23.2 Å². The first-order valence-corrected chi connectivity index (χ1v) is 7.29. The molecule has 128 valence electrons. The summed E-state index contributed by atoms with van der Waals surface area (Å²) in [6.45, 7) is 1.37. The zero-order valence-electron chi connectivity index (χ0n) is 13.1. The van der Waals surface area contributed by atoms with Crippen LogP contribution in [0.3, 0.4) is 0 Å². The SMILES string of the molecule is Cc1c(COC(=O)c2c(F)cccc2F)noc1-c1ccc(F)cc1. The first kappa shape index (κ1) is 16.8. The Morgan fingerprint density at radius 3 is 2.36 bits per heavy atom. The van der Waals surface area contributed by atoms with Crippen LogP contribution in [0.25, 0.3) is 11.3 Å². The number of hydrogen-bond donors (Lipinski definition) is 0. The third kappa shape index (κ3) is 3.40. The lowest BCUT2D eigenvalue weighted by Gasteiger charge is -2.05. The average Bonchev–Trinajstić information content (AvgIpc) is 2.94. The average molecular weight is 347 g/mol. The van der Waals surface area contributed by atoms with Gasteiger partial charge in [0.25, 0.3) is 0 Å². The Balaban J connectivity index is 1.76. The van der Waals surface area contributed by atoms with Crippen molar-refractivity contribution in [3.63, 3.8) is 0 Å². The maximum absolute atomic E-state index is 13.6. The van der Waals surface area contributed by atoms with Gasteiger partial charge < -0.3 is 9.26 Å². The van der Waals surface area contributed by atoms with Gasteiger partial charge in [0.1, 0.15) is 35.3 Å². The van der Waals surface area contributed by atoms with Crippen molar-refractivity contribution in [1.29, 1.82) is 0 Å². The Morgan fingerprint density at radius 1 is 1.08 bits per heavy atom. The van der Waals surface area contributed by atoms with Crippen molar-refractivity contribution in [2.75, 3.05) is 0 Å². The smallest absolute Gasteiger partial charge is 0.344 e. The van der Waals surface area contributed by atoms with Gasteiger partial charge in [-0.15, -0.1) is 0 Å². The summed E-state index contributed by atoms with van der Waals surface area (Å²) < 4.78 is 50.2. The van der Waals surface area contributed by atoms with Crippen LogP contribution >= 0.6 is 0 Å². The summed E-state index contributed by atoms with van der Waals surface area (Å²) in [5, 5.41) is 3.79. The lowest BCUT2D eigenvalue weighted by atomic mass is 10.1. The van der Waals surface area contributed by atoms with Crippen molar-refractivity contribution in [2.45, 2.75) is 13.5 Å². The molecule has 0 aliphatic heterocycles. The summed E-state index contributed by atoms with van der Waals surface area (Å²) in [5.74, 6) is -3.14. The van der Waals surface area contributed by atoms with E-state index in [0.29, 0.717) is 22.6 Å². The molecule has 0 radical (unpaired) electrons. The second-order valence-corrected chi connectivity index (χ2v) is 5.26. The molecule has 7 heteroatoms. The fourth-order valence-electron chi connectivity index (χ4n) is 2.27. The van der Waals surface area contributed by atoms with Crippen molar-refractivity contribution in [3.8, 4) is 11.3 Å². The summed E-state index contributed by atoms with van der Waals surface area (Å²) in [5.41, 5.74) is 0.712. The van der Waals surface area contributed by atoms with Crippen LogP contribution in [0.1, 0.15) is 21.6 Å². The molecule has 1 heterocycles. The summed E-state index contributed by atoms with van der Waals surface area (Å²) in [4.78, 5) is 11.9. The number of carbonyl (C=O) groups is 1.